The number of hydrogen-bond acceptors (Lipinski definition) is 7. The Hall–Kier alpha value is -3.10. The third-order valence-electron chi connectivity index (χ3n) is 3.93. The van der Waals surface area contributed by atoms with Crippen LogP contribution in [0.3, 0.4) is 0 Å². The number of nitrogens with one attached hydrogen (secondary N) is 2. The predicted molar refractivity (Wildman–Crippen MR) is 117 cm³/mol. The van der Waals surface area contributed by atoms with Crippen LogP contribution in [0.1, 0.15) is 23.7 Å². The molecular weight excluding hydrogens is 429 g/mol. The quantitative estimate of drug-likeness (QED) is 0.396. The van der Waals surface area contributed by atoms with Gasteiger partial charge in [0.05, 0.1) is 12.8 Å². The van der Waals surface area contributed by atoms with E-state index in [0.717, 1.165) is 11.1 Å². The molecular formula is C20H19Cl2N5O3. The maximum atomic E-state index is 11.3. The molecule has 0 aliphatic rings. The Kier molecular flexibility index (Phi) is 7.26. The van der Waals surface area contributed by atoms with Crippen LogP contribution in [0.4, 0.5) is 5.82 Å². The molecule has 0 radical (unpaired) electrons. The Morgan fingerprint density at radius 1 is 1.17 bits per heavy atom. The first kappa shape index (κ1) is 21.6. The standard InChI is InChI=1S/C20H19Cl2N5O3/c1-3-29-18-8-13(10-23-26-19-12(2)25-27-20(28)24-19)4-7-17(18)30-11-14-5-6-15(21)9-16(14)22/h4-10H,3,11H2,1-2H3,(H2,24,26,27,28). The van der Waals surface area contributed by atoms with Gasteiger partial charge in [-0.2, -0.15) is 15.2 Å². The van der Waals surface area contributed by atoms with Crippen molar-refractivity contribution in [2.75, 3.05) is 12.0 Å². The van der Waals surface area contributed by atoms with Crippen LogP contribution in [-0.4, -0.2) is 28.0 Å². The molecule has 0 aliphatic heterocycles. The topological polar surface area (TPSA) is 101 Å². The summed E-state index contributed by atoms with van der Waals surface area (Å²) in [5.41, 5.74) is 4.24. The summed E-state index contributed by atoms with van der Waals surface area (Å²) < 4.78 is 11.6. The van der Waals surface area contributed by atoms with Gasteiger partial charge in [0, 0.05) is 15.6 Å². The minimum Gasteiger partial charge on any atom is -0.490 e. The van der Waals surface area contributed by atoms with Crippen LogP contribution in [0.15, 0.2) is 46.3 Å². The molecule has 0 fully saturated rings. The minimum absolute atomic E-state index is 0.269. The Balaban J connectivity index is 1.72. The number of anilines is 1. The second-order valence-electron chi connectivity index (χ2n) is 6.11. The van der Waals surface area contributed by atoms with Crippen molar-refractivity contribution in [3.8, 4) is 11.5 Å². The lowest BCUT2D eigenvalue weighted by molar-refractivity contribution is 0.269. The minimum atomic E-state index is -0.556. The highest BCUT2D eigenvalue weighted by atomic mass is 35.5. The summed E-state index contributed by atoms with van der Waals surface area (Å²) in [4.78, 5) is 15.0. The van der Waals surface area contributed by atoms with Crippen molar-refractivity contribution in [3.05, 3.63) is 73.7 Å². The second kappa shape index (κ2) is 10.1. The molecule has 10 heteroatoms. The number of halogens is 2. The molecule has 0 unspecified atom stereocenters. The number of aromatic amines is 1. The largest absolute Gasteiger partial charge is 0.490 e. The number of ether oxygens (including phenoxy) is 2. The maximum absolute atomic E-state index is 11.3. The first-order valence-corrected chi connectivity index (χ1v) is 9.78. The molecule has 2 aromatic carbocycles. The van der Waals surface area contributed by atoms with E-state index in [-0.39, 0.29) is 12.4 Å². The van der Waals surface area contributed by atoms with Gasteiger partial charge in [-0.1, -0.05) is 29.3 Å². The Bertz CT molecular complexity index is 1120. The van der Waals surface area contributed by atoms with E-state index in [2.05, 4.69) is 25.7 Å². The lowest BCUT2D eigenvalue weighted by Crippen LogP contribution is -2.15. The highest BCUT2D eigenvalue weighted by Crippen LogP contribution is 2.30. The molecule has 0 saturated carbocycles. The van der Waals surface area contributed by atoms with Gasteiger partial charge in [-0.05, 0) is 49.7 Å². The van der Waals surface area contributed by atoms with Crippen LogP contribution >= 0.6 is 23.2 Å². The van der Waals surface area contributed by atoms with Crippen LogP contribution in [-0.2, 0) is 6.61 Å². The molecule has 0 amide bonds. The van der Waals surface area contributed by atoms with Crippen LogP contribution < -0.4 is 20.6 Å². The van der Waals surface area contributed by atoms with E-state index in [0.29, 0.717) is 33.8 Å². The third-order valence-corrected chi connectivity index (χ3v) is 4.51. The van der Waals surface area contributed by atoms with Gasteiger partial charge >= 0.3 is 5.69 Å². The predicted octanol–water partition coefficient (Wildman–Crippen LogP) is 4.20. The number of rotatable bonds is 8. The van der Waals surface area contributed by atoms with Crippen molar-refractivity contribution in [1.29, 1.82) is 0 Å². The van der Waals surface area contributed by atoms with Crippen LogP contribution in [0.2, 0.25) is 10.0 Å². The molecule has 30 heavy (non-hydrogen) atoms. The molecule has 3 rings (SSSR count). The maximum Gasteiger partial charge on any atom is 0.363 e. The Labute approximate surface area is 182 Å². The normalized spacial score (nSPS) is 10.9. The molecule has 1 aromatic heterocycles. The number of aryl methyl sites for hydroxylation is 1. The Morgan fingerprint density at radius 3 is 2.77 bits per heavy atom. The van der Waals surface area contributed by atoms with Crippen molar-refractivity contribution < 1.29 is 9.47 Å². The second-order valence-corrected chi connectivity index (χ2v) is 6.95. The van der Waals surface area contributed by atoms with Gasteiger partial charge in [-0.3, -0.25) is 5.43 Å². The molecule has 0 saturated heterocycles. The van der Waals surface area contributed by atoms with E-state index in [1.807, 2.05) is 19.1 Å². The average Bonchev–Trinajstić information content (AvgIpc) is 2.71. The van der Waals surface area contributed by atoms with Crippen LogP contribution in [0.25, 0.3) is 0 Å². The van der Waals surface area contributed by atoms with Gasteiger partial charge in [-0.15, -0.1) is 0 Å². The van der Waals surface area contributed by atoms with Gasteiger partial charge in [0.25, 0.3) is 0 Å². The van der Waals surface area contributed by atoms with Crippen LogP contribution in [0, 0.1) is 6.92 Å². The van der Waals surface area contributed by atoms with Gasteiger partial charge in [0.15, 0.2) is 17.3 Å². The number of benzene rings is 2. The molecule has 8 nitrogen and oxygen atoms in total. The van der Waals surface area contributed by atoms with E-state index in [9.17, 15) is 4.79 Å². The highest BCUT2D eigenvalue weighted by molar-refractivity contribution is 6.35. The molecule has 0 aliphatic carbocycles. The zero-order chi connectivity index (χ0) is 21.5. The zero-order valence-electron chi connectivity index (χ0n) is 16.3. The summed E-state index contributed by atoms with van der Waals surface area (Å²) in [6, 6.07) is 10.7. The fraction of sp³-hybridized carbons (Fsp3) is 0.200. The summed E-state index contributed by atoms with van der Waals surface area (Å²) >= 11 is 12.1. The van der Waals surface area contributed by atoms with Crippen molar-refractivity contribution in [2.45, 2.75) is 20.5 Å². The fourth-order valence-electron chi connectivity index (χ4n) is 2.45. The first-order chi connectivity index (χ1) is 14.5. The molecule has 2 N–H and O–H groups in total. The first-order valence-electron chi connectivity index (χ1n) is 9.02. The van der Waals surface area contributed by atoms with Crippen molar-refractivity contribution in [3.63, 3.8) is 0 Å². The number of hydrogen-bond donors (Lipinski definition) is 2. The smallest absolute Gasteiger partial charge is 0.363 e. The lowest BCUT2D eigenvalue weighted by Gasteiger charge is -2.13. The van der Waals surface area contributed by atoms with Crippen molar-refractivity contribution in [1.82, 2.24) is 15.2 Å². The molecule has 156 valence electrons. The van der Waals surface area contributed by atoms with Gasteiger partial charge in [0.1, 0.15) is 12.3 Å². The summed E-state index contributed by atoms with van der Waals surface area (Å²) in [7, 11) is 0. The molecule has 0 bridgehead atoms. The molecule has 3 aromatic rings. The van der Waals surface area contributed by atoms with Gasteiger partial charge in [0.2, 0.25) is 0 Å². The molecule has 0 spiro atoms. The van der Waals surface area contributed by atoms with Gasteiger partial charge < -0.3 is 9.47 Å². The average molecular weight is 448 g/mol. The van der Waals surface area contributed by atoms with E-state index in [1.165, 1.54) is 0 Å². The zero-order valence-corrected chi connectivity index (χ0v) is 17.8. The fourth-order valence-corrected chi connectivity index (χ4v) is 2.92. The van der Waals surface area contributed by atoms with Crippen LogP contribution in [0.5, 0.6) is 11.5 Å². The van der Waals surface area contributed by atoms with Gasteiger partial charge in [-0.25, -0.2) is 9.89 Å². The van der Waals surface area contributed by atoms with E-state index < -0.39 is 5.69 Å². The molecule has 1 heterocycles. The summed E-state index contributed by atoms with van der Waals surface area (Å²) in [6.07, 6.45) is 1.57. The highest BCUT2D eigenvalue weighted by Gasteiger charge is 2.09. The summed E-state index contributed by atoms with van der Waals surface area (Å²) in [5.74, 6) is 1.42. The number of nitrogens with zero attached hydrogens (tertiary/aromatic N) is 3. The van der Waals surface area contributed by atoms with E-state index in [1.54, 1.807) is 37.4 Å². The van der Waals surface area contributed by atoms with E-state index >= 15 is 0 Å². The summed E-state index contributed by atoms with van der Waals surface area (Å²) in [5, 5.41) is 11.3. The lowest BCUT2D eigenvalue weighted by atomic mass is 10.2. The number of H-pyrrole nitrogens is 1. The molecule has 0 atom stereocenters. The van der Waals surface area contributed by atoms with Crippen molar-refractivity contribution >= 4 is 35.2 Å². The Morgan fingerprint density at radius 2 is 2.00 bits per heavy atom. The monoisotopic (exact) mass is 447 g/mol. The van der Waals surface area contributed by atoms with E-state index in [4.69, 9.17) is 32.7 Å². The van der Waals surface area contributed by atoms with Crippen molar-refractivity contribution in [2.24, 2.45) is 5.10 Å². The number of aromatic nitrogens is 3. The number of hydrazone groups is 1. The SMILES string of the molecule is CCOc1cc(C=NNc2nc(=O)[nH]nc2C)ccc1OCc1ccc(Cl)cc1Cl. The third kappa shape index (κ3) is 5.71. The summed E-state index contributed by atoms with van der Waals surface area (Å²) in [6.45, 7) is 4.33.